The van der Waals surface area contributed by atoms with Crippen LogP contribution >= 0.6 is 12.6 Å². The number of carboxylic acid groups (broad SMARTS) is 2. The summed E-state index contributed by atoms with van der Waals surface area (Å²) >= 11 is 4.09. The van der Waals surface area contributed by atoms with Crippen LogP contribution in [0, 0.1) is 0 Å². The first-order chi connectivity index (χ1) is 16.6. The number of hydrogen-bond acceptors (Lipinski definition) is 8. The zero-order valence-electron chi connectivity index (χ0n) is 18.9. The van der Waals surface area contributed by atoms with Crippen molar-refractivity contribution in [1.82, 2.24) is 21.3 Å². The predicted molar refractivity (Wildman–Crippen MR) is 127 cm³/mol. The lowest BCUT2D eigenvalue weighted by molar-refractivity contribution is -0.143. The topological polar surface area (TPSA) is 194 Å². The molecule has 3 amide bonds. The van der Waals surface area contributed by atoms with Gasteiger partial charge in [0.25, 0.3) is 0 Å². The monoisotopic (exact) mass is 510 g/mol. The van der Waals surface area contributed by atoms with Gasteiger partial charge in [0.1, 0.15) is 23.9 Å². The predicted octanol–water partition coefficient (Wildman–Crippen LogP) is -0.980. The van der Waals surface area contributed by atoms with Crippen molar-refractivity contribution in [2.75, 3.05) is 12.3 Å². The molecule has 4 atom stereocenters. The van der Waals surface area contributed by atoms with Gasteiger partial charge in [-0.1, -0.05) is 12.1 Å². The number of aliphatic carboxylic acids is 2. The second-order valence-electron chi connectivity index (χ2n) is 8.16. The number of amides is 3. The lowest BCUT2D eigenvalue weighted by atomic mass is 10.0. The maximum Gasteiger partial charge on any atom is 0.326 e. The molecule has 0 saturated carbocycles. The Balaban J connectivity index is 2.07. The zero-order valence-corrected chi connectivity index (χ0v) is 19.8. The van der Waals surface area contributed by atoms with Crippen molar-refractivity contribution in [3.8, 4) is 5.75 Å². The van der Waals surface area contributed by atoms with E-state index in [2.05, 4.69) is 33.9 Å². The van der Waals surface area contributed by atoms with E-state index >= 15 is 0 Å². The zero-order chi connectivity index (χ0) is 26.0. The number of carbonyl (C=O) groups is 5. The molecule has 1 aromatic carbocycles. The molecule has 35 heavy (non-hydrogen) atoms. The molecule has 1 saturated heterocycles. The van der Waals surface area contributed by atoms with E-state index < -0.39 is 54.3 Å². The second-order valence-corrected chi connectivity index (χ2v) is 8.52. The molecular formula is C22H30N4O8S. The number of hydrogen-bond donors (Lipinski definition) is 8. The number of carboxylic acids is 2. The Labute approximate surface area is 207 Å². The Morgan fingerprint density at radius 1 is 0.971 bits per heavy atom. The molecule has 13 heteroatoms. The van der Waals surface area contributed by atoms with E-state index in [-0.39, 0.29) is 30.3 Å². The number of phenols is 1. The highest BCUT2D eigenvalue weighted by Gasteiger charge is 2.31. The Morgan fingerprint density at radius 3 is 2.14 bits per heavy atom. The van der Waals surface area contributed by atoms with Crippen LogP contribution in [0.5, 0.6) is 5.75 Å². The summed E-state index contributed by atoms with van der Waals surface area (Å²) in [6.07, 6.45) is 0.578. The van der Waals surface area contributed by atoms with Gasteiger partial charge in [-0.25, -0.2) is 4.79 Å². The Hall–Kier alpha value is -3.32. The minimum atomic E-state index is -1.37. The van der Waals surface area contributed by atoms with E-state index in [1.807, 2.05) is 0 Å². The fourth-order valence-electron chi connectivity index (χ4n) is 3.52. The minimum absolute atomic E-state index is 0.00402. The molecule has 192 valence electrons. The number of benzene rings is 1. The smallest absolute Gasteiger partial charge is 0.326 e. The highest BCUT2D eigenvalue weighted by atomic mass is 32.1. The molecule has 1 aliphatic rings. The van der Waals surface area contributed by atoms with Crippen LogP contribution < -0.4 is 21.3 Å². The van der Waals surface area contributed by atoms with Gasteiger partial charge in [-0.05, 0) is 43.5 Å². The number of phenolic OH excluding ortho intramolecular Hbond substituents is 1. The van der Waals surface area contributed by atoms with Gasteiger partial charge in [0, 0.05) is 18.6 Å². The summed E-state index contributed by atoms with van der Waals surface area (Å²) in [6.45, 7) is 0.683. The van der Waals surface area contributed by atoms with E-state index in [4.69, 9.17) is 5.11 Å². The molecule has 12 nitrogen and oxygen atoms in total. The molecule has 7 N–H and O–H groups in total. The first kappa shape index (κ1) is 27.9. The van der Waals surface area contributed by atoms with E-state index in [1.165, 1.54) is 24.3 Å². The van der Waals surface area contributed by atoms with Crippen LogP contribution in [0.25, 0.3) is 0 Å². The largest absolute Gasteiger partial charge is 0.508 e. The average molecular weight is 511 g/mol. The first-order valence-corrected chi connectivity index (χ1v) is 11.7. The molecular weight excluding hydrogens is 480 g/mol. The highest BCUT2D eigenvalue weighted by molar-refractivity contribution is 7.80. The molecule has 0 bridgehead atoms. The molecule has 0 spiro atoms. The van der Waals surface area contributed by atoms with E-state index in [9.17, 15) is 34.2 Å². The maximum absolute atomic E-state index is 12.9. The first-order valence-electron chi connectivity index (χ1n) is 11.1. The van der Waals surface area contributed by atoms with Crippen LogP contribution in [-0.2, 0) is 30.4 Å². The van der Waals surface area contributed by atoms with Crippen molar-refractivity contribution in [2.45, 2.75) is 56.3 Å². The van der Waals surface area contributed by atoms with Crippen LogP contribution in [-0.4, -0.2) is 81.4 Å². The molecule has 1 aliphatic heterocycles. The number of nitrogens with one attached hydrogen (secondary N) is 4. The van der Waals surface area contributed by atoms with E-state index in [0.717, 1.165) is 6.42 Å². The molecule has 1 fully saturated rings. The Morgan fingerprint density at radius 2 is 1.60 bits per heavy atom. The standard InChI is InChI=1S/C22H30N4O8S/c27-13-5-3-12(4-6-13)10-16(22(33)34)25-20(31)15(7-8-18(28)29)24-21(32)17(11-35)26-19(30)14-2-1-9-23-14/h3-6,14-17,23,27,35H,1-2,7-11H2,(H,24,32)(H,25,31)(H,26,30)(H,28,29)(H,33,34). The molecule has 0 aromatic heterocycles. The third-order valence-electron chi connectivity index (χ3n) is 5.46. The number of aromatic hydroxyl groups is 1. The summed E-state index contributed by atoms with van der Waals surface area (Å²) in [5, 5.41) is 38.2. The van der Waals surface area contributed by atoms with Gasteiger partial charge in [0.2, 0.25) is 17.7 Å². The summed E-state index contributed by atoms with van der Waals surface area (Å²) in [7, 11) is 0. The van der Waals surface area contributed by atoms with Crippen LogP contribution in [0.1, 0.15) is 31.2 Å². The number of thiol groups is 1. The fraction of sp³-hybridized carbons (Fsp3) is 0.500. The molecule has 2 rings (SSSR count). The SMILES string of the molecule is O=C(O)CCC(NC(=O)C(CS)NC(=O)C1CCCN1)C(=O)NC(Cc1ccc(O)cc1)C(=O)O. The fourth-order valence-corrected chi connectivity index (χ4v) is 3.78. The molecule has 1 heterocycles. The average Bonchev–Trinajstić information content (AvgIpc) is 3.35. The van der Waals surface area contributed by atoms with Gasteiger partial charge < -0.3 is 36.6 Å². The van der Waals surface area contributed by atoms with Crippen LogP contribution in [0.15, 0.2) is 24.3 Å². The van der Waals surface area contributed by atoms with Crippen LogP contribution in [0.2, 0.25) is 0 Å². The van der Waals surface area contributed by atoms with Gasteiger partial charge in [-0.2, -0.15) is 12.6 Å². The van der Waals surface area contributed by atoms with Gasteiger partial charge in [0.15, 0.2) is 0 Å². The van der Waals surface area contributed by atoms with Crippen LogP contribution in [0.4, 0.5) is 0 Å². The summed E-state index contributed by atoms with van der Waals surface area (Å²) in [4.78, 5) is 60.7. The molecule has 1 aromatic rings. The van der Waals surface area contributed by atoms with Gasteiger partial charge in [-0.3, -0.25) is 19.2 Å². The van der Waals surface area contributed by atoms with Crippen molar-refractivity contribution < 1.29 is 39.3 Å². The molecule has 0 radical (unpaired) electrons. The number of rotatable bonds is 13. The van der Waals surface area contributed by atoms with Crippen LogP contribution in [0.3, 0.4) is 0 Å². The van der Waals surface area contributed by atoms with Gasteiger partial charge >= 0.3 is 11.9 Å². The maximum atomic E-state index is 12.9. The second kappa shape index (κ2) is 13.5. The summed E-state index contributed by atoms with van der Waals surface area (Å²) < 4.78 is 0. The third-order valence-corrected chi connectivity index (χ3v) is 5.83. The van der Waals surface area contributed by atoms with Crippen molar-refractivity contribution in [3.63, 3.8) is 0 Å². The normalized spacial score (nSPS) is 17.6. The molecule has 4 unspecified atom stereocenters. The highest BCUT2D eigenvalue weighted by Crippen LogP contribution is 2.12. The number of carbonyl (C=O) groups excluding carboxylic acids is 3. The molecule has 0 aliphatic carbocycles. The summed E-state index contributed by atoms with van der Waals surface area (Å²) in [5.41, 5.74) is 0.528. The van der Waals surface area contributed by atoms with Gasteiger partial charge in [0.05, 0.1) is 6.04 Å². The van der Waals surface area contributed by atoms with E-state index in [0.29, 0.717) is 18.5 Å². The lowest BCUT2D eigenvalue weighted by Crippen LogP contribution is -2.57. The van der Waals surface area contributed by atoms with Crippen molar-refractivity contribution in [3.05, 3.63) is 29.8 Å². The Bertz CT molecular complexity index is 921. The quantitative estimate of drug-likeness (QED) is 0.154. The van der Waals surface area contributed by atoms with Crippen molar-refractivity contribution in [2.24, 2.45) is 0 Å². The minimum Gasteiger partial charge on any atom is -0.508 e. The van der Waals surface area contributed by atoms with Crippen molar-refractivity contribution in [1.29, 1.82) is 0 Å². The van der Waals surface area contributed by atoms with Gasteiger partial charge in [-0.15, -0.1) is 0 Å². The third kappa shape index (κ3) is 9.09. The summed E-state index contributed by atoms with van der Waals surface area (Å²) in [6, 6.07) is 1.50. The van der Waals surface area contributed by atoms with Crippen molar-refractivity contribution >= 4 is 42.3 Å². The Kier molecular flexibility index (Phi) is 10.8. The lowest BCUT2D eigenvalue weighted by Gasteiger charge is -2.24. The summed E-state index contributed by atoms with van der Waals surface area (Å²) in [5.74, 6) is -4.63. The van der Waals surface area contributed by atoms with E-state index in [1.54, 1.807) is 0 Å².